The maximum Gasteiger partial charge on any atom is 0.0698 e. The topological polar surface area (TPSA) is 20.2 Å². The van der Waals surface area contributed by atoms with E-state index < -0.39 is 0 Å². The molecule has 0 unspecified atom stereocenters. The van der Waals surface area contributed by atoms with Gasteiger partial charge in [0.1, 0.15) is 0 Å². The van der Waals surface area contributed by atoms with Crippen LogP contribution in [-0.4, -0.2) is 5.11 Å². The summed E-state index contributed by atoms with van der Waals surface area (Å²) in [4.78, 5) is 0. The van der Waals surface area contributed by atoms with Gasteiger partial charge in [-0.3, -0.25) is 0 Å². The predicted octanol–water partition coefficient (Wildman–Crippen LogP) is 2.45. The molecule has 0 heterocycles. The Hall–Kier alpha value is -0.530. The fourth-order valence-corrected chi connectivity index (χ4v) is 1.53. The van der Waals surface area contributed by atoms with Gasteiger partial charge in [0.05, 0.1) is 6.61 Å². The second kappa shape index (κ2) is 3.24. The van der Waals surface area contributed by atoms with E-state index in [1.54, 1.807) is 0 Å². The molecule has 1 aromatic carbocycles. The predicted molar refractivity (Wildman–Crippen MR) is 46.8 cm³/mol. The first-order valence-corrected chi connectivity index (χ1v) is 3.89. The molecule has 1 rings (SSSR count). The second-order valence-corrected chi connectivity index (χ2v) is 3.11. The zero-order valence-corrected chi connectivity index (χ0v) is 7.44. The Morgan fingerprint density at radius 2 is 2.00 bits per heavy atom. The molecule has 0 fully saturated rings. The molecule has 2 heteroatoms. The number of aliphatic hydroxyl groups excluding tert-OH is 1. The lowest BCUT2D eigenvalue weighted by atomic mass is 10.1. The van der Waals surface area contributed by atoms with E-state index in [0.717, 1.165) is 16.7 Å². The van der Waals surface area contributed by atoms with E-state index in [-0.39, 0.29) is 6.61 Å². The first kappa shape index (κ1) is 8.57. The first-order chi connectivity index (χ1) is 5.15. The molecule has 0 aliphatic rings. The number of rotatable bonds is 1. The van der Waals surface area contributed by atoms with Gasteiger partial charge in [0.2, 0.25) is 0 Å². The van der Waals surface area contributed by atoms with Gasteiger partial charge >= 0.3 is 0 Å². The number of benzene rings is 1. The molecule has 1 aromatic rings. The maximum atomic E-state index is 8.91. The summed E-state index contributed by atoms with van der Waals surface area (Å²) in [5.41, 5.74) is 3.01. The molecule has 0 bridgehead atoms. The fourth-order valence-electron chi connectivity index (χ4n) is 1.15. The third kappa shape index (κ3) is 1.73. The third-order valence-corrected chi connectivity index (χ3v) is 2.06. The minimum atomic E-state index is 0.0188. The van der Waals surface area contributed by atoms with E-state index in [2.05, 4.69) is 0 Å². The van der Waals surface area contributed by atoms with E-state index in [1.807, 2.05) is 26.0 Å². The lowest BCUT2D eigenvalue weighted by molar-refractivity contribution is 0.281. The van der Waals surface area contributed by atoms with Crippen LogP contribution in [0.4, 0.5) is 0 Å². The van der Waals surface area contributed by atoms with Crippen LogP contribution in [-0.2, 0) is 6.61 Å². The molecule has 1 nitrogen and oxygen atoms in total. The van der Waals surface area contributed by atoms with E-state index in [0.29, 0.717) is 5.02 Å². The van der Waals surface area contributed by atoms with Gasteiger partial charge < -0.3 is 5.11 Å². The van der Waals surface area contributed by atoms with Crippen LogP contribution in [0.25, 0.3) is 0 Å². The Morgan fingerprint density at radius 3 is 2.45 bits per heavy atom. The Balaban J connectivity index is 3.25. The Labute approximate surface area is 71.6 Å². The van der Waals surface area contributed by atoms with E-state index in [4.69, 9.17) is 16.7 Å². The SMILES string of the molecule is Cc1cc(C)c(CO)c(Cl)c1. The number of aryl methyl sites for hydroxylation is 2. The molecule has 0 radical (unpaired) electrons. The number of hydrogen-bond acceptors (Lipinski definition) is 1. The highest BCUT2D eigenvalue weighted by Gasteiger charge is 2.02. The molecule has 0 saturated carbocycles. The zero-order chi connectivity index (χ0) is 8.43. The van der Waals surface area contributed by atoms with E-state index in [9.17, 15) is 0 Å². The summed E-state index contributed by atoms with van der Waals surface area (Å²) < 4.78 is 0. The minimum Gasteiger partial charge on any atom is -0.392 e. The van der Waals surface area contributed by atoms with Crippen molar-refractivity contribution in [2.24, 2.45) is 0 Å². The van der Waals surface area contributed by atoms with Crippen molar-refractivity contribution < 1.29 is 5.11 Å². The molecule has 0 amide bonds. The van der Waals surface area contributed by atoms with Gasteiger partial charge in [-0.15, -0.1) is 0 Å². The van der Waals surface area contributed by atoms with Gasteiger partial charge in [0, 0.05) is 5.02 Å². The summed E-state index contributed by atoms with van der Waals surface area (Å²) in [5.74, 6) is 0. The van der Waals surface area contributed by atoms with Gasteiger partial charge in [0.15, 0.2) is 0 Å². The van der Waals surface area contributed by atoms with Crippen molar-refractivity contribution in [2.75, 3.05) is 0 Å². The van der Waals surface area contributed by atoms with Crippen molar-refractivity contribution in [1.82, 2.24) is 0 Å². The quantitative estimate of drug-likeness (QED) is 0.687. The van der Waals surface area contributed by atoms with Crippen LogP contribution in [0.1, 0.15) is 16.7 Å². The molecular formula is C9H11ClO. The van der Waals surface area contributed by atoms with Crippen molar-refractivity contribution in [3.63, 3.8) is 0 Å². The minimum absolute atomic E-state index is 0.0188. The van der Waals surface area contributed by atoms with Crippen LogP contribution in [0.15, 0.2) is 12.1 Å². The van der Waals surface area contributed by atoms with Crippen LogP contribution < -0.4 is 0 Å². The zero-order valence-electron chi connectivity index (χ0n) is 6.69. The van der Waals surface area contributed by atoms with Crippen molar-refractivity contribution in [3.05, 3.63) is 33.8 Å². The largest absolute Gasteiger partial charge is 0.392 e. The number of halogens is 1. The van der Waals surface area contributed by atoms with Crippen LogP contribution >= 0.6 is 11.6 Å². The average molecular weight is 171 g/mol. The van der Waals surface area contributed by atoms with Gasteiger partial charge in [-0.2, -0.15) is 0 Å². The van der Waals surface area contributed by atoms with Gasteiger partial charge in [-0.1, -0.05) is 17.7 Å². The summed E-state index contributed by atoms with van der Waals surface area (Å²) in [6, 6.07) is 3.87. The number of aliphatic hydroxyl groups is 1. The highest BCUT2D eigenvalue weighted by Crippen LogP contribution is 2.21. The van der Waals surface area contributed by atoms with Crippen LogP contribution in [0.3, 0.4) is 0 Å². The summed E-state index contributed by atoms with van der Waals surface area (Å²) in [5, 5.41) is 9.56. The Kier molecular flexibility index (Phi) is 2.53. The maximum absolute atomic E-state index is 8.91. The highest BCUT2D eigenvalue weighted by molar-refractivity contribution is 6.31. The Morgan fingerprint density at radius 1 is 1.36 bits per heavy atom. The number of hydrogen-bond donors (Lipinski definition) is 1. The smallest absolute Gasteiger partial charge is 0.0698 e. The lowest BCUT2D eigenvalue weighted by Gasteiger charge is -2.05. The van der Waals surface area contributed by atoms with Gasteiger partial charge in [-0.05, 0) is 36.6 Å². The summed E-state index contributed by atoms with van der Waals surface area (Å²) in [7, 11) is 0. The molecule has 0 aromatic heterocycles. The van der Waals surface area contributed by atoms with Crippen molar-refractivity contribution in [3.8, 4) is 0 Å². The summed E-state index contributed by atoms with van der Waals surface area (Å²) in [6.45, 7) is 3.95. The van der Waals surface area contributed by atoms with Crippen LogP contribution in [0, 0.1) is 13.8 Å². The summed E-state index contributed by atoms with van der Waals surface area (Å²) >= 11 is 5.87. The normalized spacial score (nSPS) is 10.2. The standard InChI is InChI=1S/C9H11ClO/c1-6-3-7(2)8(5-11)9(10)4-6/h3-4,11H,5H2,1-2H3. The Bertz CT molecular complexity index is 245. The lowest BCUT2D eigenvalue weighted by Crippen LogP contribution is -1.90. The van der Waals surface area contributed by atoms with Crippen LogP contribution in [0.2, 0.25) is 5.02 Å². The molecule has 0 aliphatic carbocycles. The molecule has 1 N–H and O–H groups in total. The van der Waals surface area contributed by atoms with E-state index in [1.165, 1.54) is 0 Å². The molecule has 0 aliphatic heterocycles. The molecule has 11 heavy (non-hydrogen) atoms. The highest BCUT2D eigenvalue weighted by atomic mass is 35.5. The van der Waals surface area contributed by atoms with Gasteiger partial charge in [-0.25, -0.2) is 0 Å². The van der Waals surface area contributed by atoms with E-state index >= 15 is 0 Å². The second-order valence-electron chi connectivity index (χ2n) is 2.70. The van der Waals surface area contributed by atoms with Crippen LogP contribution in [0.5, 0.6) is 0 Å². The molecule has 0 spiro atoms. The first-order valence-electron chi connectivity index (χ1n) is 3.51. The molecule has 0 saturated heterocycles. The fraction of sp³-hybridized carbons (Fsp3) is 0.333. The third-order valence-electron chi connectivity index (χ3n) is 1.72. The molecule has 60 valence electrons. The summed E-state index contributed by atoms with van der Waals surface area (Å²) in [6.07, 6.45) is 0. The van der Waals surface area contributed by atoms with Gasteiger partial charge in [0.25, 0.3) is 0 Å². The van der Waals surface area contributed by atoms with Crippen molar-refractivity contribution in [2.45, 2.75) is 20.5 Å². The van der Waals surface area contributed by atoms with Crippen molar-refractivity contribution >= 4 is 11.6 Å². The molecular weight excluding hydrogens is 160 g/mol. The average Bonchev–Trinajstić information content (AvgIpc) is 1.85. The monoisotopic (exact) mass is 170 g/mol. The van der Waals surface area contributed by atoms with Crippen molar-refractivity contribution in [1.29, 1.82) is 0 Å². The molecule has 0 atom stereocenters.